The van der Waals surface area contributed by atoms with Crippen molar-refractivity contribution in [1.29, 1.82) is 0 Å². The number of H-pyrrole nitrogens is 1. The van der Waals surface area contributed by atoms with E-state index < -0.39 is 0 Å². The van der Waals surface area contributed by atoms with Crippen molar-refractivity contribution in [3.63, 3.8) is 0 Å². The van der Waals surface area contributed by atoms with E-state index in [1.165, 1.54) is 42.9 Å². The van der Waals surface area contributed by atoms with Gasteiger partial charge in [-0.1, -0.05) is 12.8 Å². The van der Waals surface area contributed by atoms with Gasteiger partial charge in [-0.25, -0.2) is 4.98 Å². The van der Waals surface area contributed by atoms with Gasteiger partial charge in [0.05, 0.1) is 5.69 Å². The van der Waals surface area contributed by atoms with Crippen molar-refractivity contribution < 1.29 is 0 Å². The standard InChI is InChI=1S/C13H21N3/c1-8-12(9-4-2-3-5-9)16-13(15-8)10-6-11(14)7-10/h9-11H,2-7,14H2,1H3,(H,15,16). The SMILES string of the molecule is Cc1[nH]c(C2CC(N)C2)nc1C1CCCC1. The molecular formula is C13H21N3. The number of nitrogens with one attached hydrogen (secondary N) is 1. The van der Waals surface area contributed by atoms with E-state index in [2.05, 4.69) is 11.9 Å². The molecule has 0 atom stereocenters. The molecule has 0 amide bonds. The number of hydrogen-bond donors (Lipinski definition) is 2. The first kappa shape index (κ1) is 10.3. The Balaban J connectivity index is 1.78. The Hall–Kier alpha value is -0.830. The molecule has 2 fully saturated rings. The van der Waals surface area contributed by atoms with Gasteiger partial charge in [-0.15, -0.1) is 0 Å². The van der Waals surface area contributed by atoms with Gasteiger partial charge in [0.15, 0.2) is 0 Å². The van der Waals surface area contributed by atoms with Crippen LogP contribution in [0.4, 0.5) is 0 Å². The predicted octanol–water partition coefficient (Wildman–Crippen LogP) is 2.58. The first-order chi connectivity index (χ1) is 7.74. The van der Waals surface area contributed by atoms with Gasteiger partial charge >= 0.3 is 0 Å². The van der Waals surface area contributed by atoms with E-state index in [0.717, 1.165) is 18.8 Å². The van der Waals surface area contributed by atoms with Crippen LogP contribution in [0, 0.1) is 6.92 Å². The fraction of sp³-hybridized carbons (Fsp3) is 0.769. The van der Waals surface area contributed by atoms with E-state index in [9.17, 15) is 0 Å². The molecule has 0 aromatic carbocycles. The van der Waals surface area contributed by atoms with Gasteiger partial charge in [0, 0.05) is 23.6 Å². The van der Waals surface area contributed by atoms with E-state index in [4.69, 9.17) is 10.7 Å². The zero-order valence-electron chi connectivity index (χ0n) is 10.00. The summed E-state index contributed by atoms with van der Waals surface area (Å²) in [6.07, 6.45) is 7.62. The second-order valence-corrected chi connectivity index (χ2v) is 5.54. The molecule has 0 aliphatic heterocycles. The van der Waals surface area contributed by atoms with Crippen molar-refractivity contribution in [2.45, 2.75) is 63.3 Å². The quantitative estimate of drug-likeness (QED) is 0.803. The second-order valence-electron chi connectivity index (χ2n) is 5.54. The highest BCUT2D eigenvalue weighted by atomic mass is 15.0. The highest BCUT2D eigenvalue weighted by Gasteiger charge is 2.31. The van der Waals surface area contributed by atoms with Gasteiger partial charge < -0.3 is 10.7 Å². The molecule has 2 saturated carbocycles. The Kier molecular flexibility index (Phi) is 2.51. The predicted molar refractivity (Wildman–Crippen MR) is 64.5 cm³/mol. The molecule has 0 bridgehead atoms. The van der Waals surface area contributed by atoms with Crippen molar-refractivity contribution in [3.8, 4) is 0 Å². The average Bonchev–Trinajstić information content (AvgIpc) is 2.81. The molecule has 1 heterocycles. The van der Waals surface area contributed by atoms with E-state index in [1.54, 1.807) is 0 Å². The summed E-state index contributed by atoms with van der Waals surface area (Å²) in [7, 11) is 0. The van der Waals surface area contributed by atoms with Crippen molar-refractivity contribution in [1.82, 2.24) is 9.97 Å². The molecule has 0 radical (unpaired) electrons. The van der Waals surface area contributed by atoms with Crippen LogP contribution in [0.15, 0.2) is 0 Å². The maximum Gasteiger partial charge on any atom is 0.109 e. The minimum absolute atomic E-state index is 0.408. The maximum atomic E-state index is 5.83. The van der Waals surface area contributed by atoms with Crippen LogP contribution >= 0.6 is 0 Å². The fourth-order valence-corrected chi connectivity index (χ4v) is 3.17. The van der Waals surface area contributed by atoms with Crippen LogP contribution in [-0.4, -0.2) is 16.0 Å². The van der Waals surface area contributed by atoms with Crippen LogP contribution in [-0.2, 0) is 0 Å². The zero-order chi connectivity index (χ0) is 11.1. The lowest BCUT2D eigenvalue weighted by atomic mass is 9.80. The summed E-state index contributed by atoms with van der Waals surface area (Å²) >= 11 is 0. The third-order valence-corrected chi connectivity index (χ3v) is 4.24. The summed E-state index contributed by atoms with van der Waals surface area (Å²) in [6.45, 7) is 2.17. The number of nitrogens with two attached hydrogens (primary N) is 1. The Morgan fingerprint density at radius 1 is 1.19 bits per heavy atom. The topological polar surface area (TPSA) is 54.7 Å². The van der Waals surface area contributed by atoms with Gasteiger partial charge in [-0.3, -0.25) is 0 Å². The number of imidazole rings is 1. The number of nitrogens with zero attached hydrogens (tertiary/aromatic N) is 1. The van der Waals surface area contributed by atoms with Crippen molar-refractivity contribution >= 4 is 0 Å². The monoisotopic (exact) mass is 219 g/mol. The summed E-state index contributed by atoms with van der Waals surface area (Å²) < 4.78 is 0. The lowest BCUT2D eigenvalue weighted by molar-refractivity contribution is 0.339. The molecule has 3 N–H and O–H groups in total. The highest BCUT2D eigenvalue weighted by Crippen LogP contribution is 2.38. The highest BCUT2D eigenvalue weighted by molar-refractivity contribution is 5.21. The Labute approximate surface area is 96.8 Å². The molecule has 2 aliphatic carbocycles. The van der Waals surface area contributed by atoms with Gasteiger partial charge in [0.2, 0.25) is 0 Å². The smallest absolute Gasteiger partial charge is 0.109 e. The molecule has 0 spiro atoms. The number of rotatable bonds is 2. The van der Waals surface area contributed by atoms with Crippen LogP contribution in [0.3, 0.4) is 0 Å². The number of hydrogen-bond acceptors (Lipinski definition) is 2. The summed E-state index contributed by atoms with van der Waals surface area (Å²) in [5.41, 5.74) is 8.47. The lowest BCUT2D eigenvalue weighted by Gasteiger charge is -2.30. The molecule has 3 nitrogen and oxygen atoms in total. The zero-order valence-corrected chi connectivity index (χ0v) is 10.00. The second kappa shape index (κ2) is 3.88. The molecule has 3 heteroatoms. The number of aryl methyl sites for hydroxylation is 1. The van der Waals surface area contributed by atoms with Crippen molar-refractivity contribution in [3.05, 3.63) is 17.2 Å². The van der Waals surface area contributed by atoms with E-state index in [0.29, 0.717) is 12.0 Å². The first-order valence-electron chi connectivity index (χ1n) is 6.56. The Bertz CT molecular complexity index is 371. The first-order valence-corrected chi connectivity index (χ1v) is 6.56. The largest absolute Gasteiger partial charge is 0.346 e. The molecule has 88 valence electrons. The lowest BCUT2D eigenvalue weighted by Crippen LogP contribution is -2.35. The molecule has 0 unspecified atom stereocenters. The van der Waals surface area contributed by atoms with Gasteiger partial charge in [0.1, 0.15) is 5.82 Å². The molecule has 3 rings (SSSR count). The van der Waals surface area contributed by atoms with Crippen LogP contribution < -0.4 is 5.73 Å². The van der Waals surface area contributed by atoms with Crippen molar-refractivity contribution in [2.24, 2.45) is 5.73 Å². The van der Waals surface area contributed by atoms with Gasteiger partial charge in [-0.2, -0.15) is 0 Å². The summed E-state index contributed by atoms with van der Waals surface area (Å²) in [5, 5.41) is 0. The third kappa shape index (κ3) is 1.67. The molecule has 2 aliphatic rings. The Morgan fingerprint density at radius 2 is 1.88 bits per heavy atom. The summed E-state index contributed by atoms with van der Waals surface area (Å²) in [4.78, 5) is 8.31. The molecule has 1 aromatic heterocycles. The third-order valence-electron chi connectivity index (χ3n) is 4.24. The van der Waals surface area contributed by atoms with Gasteiger partial charge in [-0.05, 0) is 32.6 Å². The summed E-state index contributed by atoms with van der Waals surface area (Å²) in [5.74, 6) is 2.52. The van der Waals surface area contributed by atoms with Gasteiger partial charge in [0.25, 0.3) is 0 Å². The van der Waals surface area contributed by atoms with Crippen LogP contribution in [0.1, 0.15) is 67.6 Å². The van der Waals surface area contributed by atoms with E-state index >= 15 is 0 Å². The molecule has 0 saturated heterocycles. The normalized spacial score (nSPS) is 30.6. The molecule has 16 heavy (non-hydrogen) atoms. The van der Waals surface area contributed by atoms with Crippen molar-refractivity contribution in [2.75, 3.05) is 0 Å². The number of aromatic amines is 1. The van der Waals surface area contributed by atoms with E-state index in [1.807, 2.05) is 0 Å². The van der Waals surface area contributed by atoms with Crippen LogP contribution in [0.25, 0.3) is 0 Å². The fourth-order valence-electron chi connectivity index (χ4n) is 3.17. The van der Waals surface area contributed by atoms with Crippen LogP contribution in [0.2, 0.25) is 0 Å². The molecule has 1 aromatic rings. The molecular weight excluding hydrogens is 198 g/mol. The maximum absolute atomic E-state index is 5.83. The summed E-state index contributed by atoms with van der Waals surface area (Å²) in [6, 6.07) is 0.408. The van der Waals surface area contributed by atoms with E-state index in [-0.39, 0.29) is 0 Å². The minimum Gasteiger partial charge on any atom is -0.346 e. The van der Waals surface area contributed by atoms with Crippen LogP contribution in [0.5, 0.6) is 0 Å². The number of aromatic nitrogens is 2. The minimum atomic E-state index is 0.408. The average molecular weight is 219 g/mol. The Morgan fingerprint density at radius 3 is 2.50 bits per heavy atom.